The quantitative estimate of drug-likeness (QED) is 0.393. The van der Waals surface area contributed by atoms with E-state index in [4.69, 9.17) is 10.00 Å². The summed E-state index contributed by atoms with van der Waals surface area (Å²) in [6, 6.07) is 20.1. The van der Waals surface area contributed by atoms with Crippen LogP contribution in [0.5, 0.6) is 5.75 Å². The lowest BCUT2D eigenvalue weighted by Gasteiger charge is -2.11. The maximum atomic E-state index is 11.6. The average molecular weight is 371 g/mol. The number of aldehydes is 1. The summed E-state index contributed by atoms with van der Waals surface area (Å²) >= 11 is 0. The van der Waals surface area contributed by atoms with Gasteiger partial charge >= 0.3 is 5.69 Å². The van der Waals surface area contributed by atoms with E-state index in [1.165, 1.54) is 0 Å². The van der Waals surface area contributed by atoms with Crippen molar-refractivity contribution in [2.45, 2.75) is 6.61 Å². The van der Waals surface area contributed by atoms with Crippen LogP contribution in [0.4, 0.5) is 0 Å². The van der Waals surface area contributed by atoms with E-state index >= 15 is 0 Å². The molecule has 0 N–H and O–H groups in total. The van der Waals surface area contributed by atoms with Gasteiger partial charge in [0.05, 0.1) is 5.56 Å². The summed E-state index contributed by atoms with van der Waals surface area (Å²) in [5, 5.41) is 25.8. The van der Waals surface area contributed by atoms with E-state index in [0.717, 1.165) is 22.6 Å². The van der Waals surface area contributed by atoms with E-state index in [2.05, 4.69) is 9.79 Å². The number of nitriles is 1. The SMILES string of the molecule is N#Cc1c(-c2ccc(COc3ccc4ccccc4c3C=O)cc2)no[n+]1[O-]. The second-order valence-corrected chi connectivity index (χ2v) is 6.04. The highest BCUT2D eigenvalue weighted by molar-refractivity contribution is 6.00. The van der Waals surface area contributed by atoms with E-state index in [1.54, 1.807) is 36.4 Å². The molecular weight excluding hydrogens is 358 g/mol. The van der Waals surface area contributed by atoms with Crippen molar-refractivity contribution in [3.8, 4) is 23.1 Å². The molecule has 0 aliphatic rings. The van der Waals surface area contributed by atoms with Crippen molar-refractivity contribution in [1.82, 2.24) is 5.16 Å². The molecule has 0 saturated heterocycles. The highest BCUT2D eigenvalue weighted by Gasteiger charge is 2.20. The Kier molecular flexibility index (Phi) is 4.44. The summed E-state index contributed by atoms with van der Waals surface area (Å²) in [5.74, 6) is 0.508. The molecule has 0 bridgehead atoms. The van der Waals surface area contributed by atoms with Crippen molar-refractivity contribution in [1.29, 1.82) is 5.26 Å². The lowest BCUT2D eigenvalue weighted by Crippen LogP contribution is -2.26. The molecular formula is C21H13N3O4. The molecule has 0 spiro atoms. The molecule has 28 heavy (non-hydrogen) atoms. The minimum absolute atomic E-state index is 0.0764. The Labute approximate surface area is 159 Å². The predicted octanol–water partition coefficient (Wildman–Crippen LogP) is 3.39. The molecule has 0 atom stereocenters. The first-order valence-electron chi connectivity index (χ1n) is 8.40. The first-order chi connectivity index (χ1) is 13.7. The molecule has 0 fully saturated rings. The van der Waals surface area contributed by atoms with Gasteiger partial charge in [0.2, 0.25) is 0 Å². The van der Waals surface area contributed by atoms with Crippen molar-refractivity contribution >= 4 is 17.1 Å². The lowest BCUT2D eigenvalue weighted by molar-refractivity contribution is -0.804. The summed E-state index contributed by atoms with van der Waals surface area (Å²) in [5.41, 5.74) is 1.93. The molecule has 1 aromatic heterocycles. The Balaban J connectivity index is 1.55. The molecule has 0 unspecified atom stereocenters. The van der Waals surface area contributed by atoms with Gasteiger partial charge in [-0.2, -0.15) is 5.26 Å². The predicted molar refractivity (Wildman–Crippen MR) is 99.3 cm³/mol. The molecule has 136 valence electrons. The zero-order chi connectivity index (χ0) is 19.5. The fourth-order valence-electron chi connectivity index (χ4n) is 2.97. The van der Waals surface area contributed by atoms with Gasteiger partial charge < -0.3 is 9.94 Å². The monoisotopic (exact) mass is 371 g/mol. The van der Waals surface area contributed by atoms with E-state index < -0.39 is 0 Å². The number of aromatic nitrogens is 2. The maximum absolute atomic E-state index is 11.6. The van der Waals surface area contributed by atoms with Crippen LogP contribution in [0.15, 0.2) is 65.3 Å². The van der Waals surface area contributed by atoms with Crippen LogP contribution in [0.3, 0.4) is 0 Å². The molecule has 0 aliphatic carbocycles. The number of carbonyl (C=O) groups is 1. The third kappa shape index (κ3) is 3.04. The Morgan fingerprint density at radius 1 is 1.14 bits per heavy atom. The van der Waals surface area contributed by atoms with E-state index in [0.29, 0.717) is 16.9 Å². The van der Waals surface area contributed by atoms with Gasteiger partial charge in [-0.05, 0) is 39.4 Å². The molecule has 0 saturated carbocycles. The maximum Gasteiger partial charge on any atom is 0.302 e. The number of hydrogen-bond acceptors (Lipinski definition) is 6. The second-order valence-electron chi connectivity index (χ2n) is 6.04. The number of carbonyl (C=O) groups excluding carboxylic acids is 1. The third-order valence-electron chi connectivity index (χ3n) is 4.39. The molecule has 7 nitrogen and oxygen atoms in total. The number of fused-ring (bicyclic) bond motifs is 1. The number of ether oxygens (including phenoxy) is 1. The van der Waals surface area contributed by atoms with E-state index in [9.17, 15) is 10.0 Å². The van der Waals surface area contributed by atoms with Crippen molar-refractivity contribution < 1.29 is 19.1 Å². The minimum Gasteiger partial charge on any atom is -0.488 e. The van der Waals surface area contributed by atoms with Crippen LogP contribution in [-0.2, 0) is 6.61 Å². The van der Waals surface area contributed by atoms with Gasteiger partial charge in [-0.3, -0.25) is 9.42 Å². The van der Waals surface area contributed by atoms with Crippen molar-refractivity contribution in [3.05, 3.63) is 82.7 Å². The Morgan fingerprint density at radius 3 is 2.68 bits per heavy atom. The first kappa shape index (κ1) is 17.2. The highest BCUT2D eigenvalue weighted by Crippen LogP contribution is 2.27. The molecule has 4 rings (SSSR count). The normalized spacial score (nSPS) is 10.5. The van der Waals surface area contributed by atoms with Crippen LogP contribution in [0.2, 0.25) is 0 Å². The van der Waals surface area contributed by atoms with Gasteiger partial charge in [0, 0.05) is 10.7 Å². The largest absolute Gasteiger partial charge is 0.488 e. The summed E-state index contributed by atoms with van der Waals surface area (Å²) in [4.78, 5) is 11.6. The van der Waals surface area contributed by atoms with E-state index in [1.807, 2.05) is 30.3 Å². The number of rotatable bonds is 5. The minimum atomic E-state index is -0.198. The van der Waals surface area contributed by atoms with Crippen molar-refractivity contribution in [3.63, 3.8) is 0 Å². The molecule has 0 amide bonds. The third-order valence-corrected chi connectivity index (χ3v) is 4.39. The van der Waals surface area contributed by atoms with Gasteiger partial charge in [0.15, 0.2) is 12.4 Å². The van der Waals surface area contributed by atoms with Crippen LogP contribution < -0.4 is 9.64 Å². The highest BCUT2D eigenvalue weighted by atomic mass is 16.8. The number of benzene rings is 3. The lowest BCUT2D eigenvalue weighted by atomic mass is 10.0. The first-order valence-corrected chi connectivity index (χ1v) is 8.40. The molecule has 7 heteroatoms. The van der Waals surface area contributed by atoms with Crippen LogP contribution in [0.25, 0.3) is 22.0 Å². The number of nitrogens with zero attached hydrogens (tertiary/aromatic N) is 3. The van der Waals surface area contributed by atoms with Crippen LogP contribution in [0.1, 0.15) is 21.6 Å². The summed E-state index contributed by atoms with van der Waals surface area (Å²) in [6.07, 6.45) is 0.799. The Bertz CT molecular complexity index is 1210. The van der Waals surface area contributed by atoms with Gasteiger partial charge in [0.1, 0.15) is 12.4 Å². The standard InChI is InChI=1S/C21H13N3O4/c22-11-19-21(23-28-24(19)26)16-7-5-14(6-8-16)13-27-20-10-9-15-3-1-2-4-17(15)18(20)12-25/h1-10,12H,13H2. The zero-order valence-electron chi connectivity index (χ0n) is 14.5. The second kappa shape index (κ2) is 7.21. The summed E-state index contributed by atoms with van der Waals surface area (Å²) in [7, 11) is 0. The summed E-state index contributed by atoms with van der Waals surface area (Å²) in [6.45, 7) is 0.255. The molecule has 0 aliphatic heterocycles. The zero-order valence-corrected chi connectivity index (χ0v) is 14.5. The molecule has 4 aromatic rings. The Hall–Kier alpha value is -4.18. The fourth-order valence-corrected chi connectivity index (χ4v) is 2.97. The van der Waals surface area contributed by atoms with Crippen molar-refractivity contribution in [2.24, 2.45) is 0 Å². The van der Waals surface area contributed by atoms with Crippen molar-refractivity contribution in [2.75, 3.05) is 0 Å². The smallest absolute Gasteiger partial charge is 0.302 e. The fraction of sp³-hybridized carbons (Fsp3) is 0.0476. The molecule has 1 heterocycles. The van der Waals surface area contributed by atoms with Gasteiger partial charge in [-0.1, -0.05) is 42.5 Å². The average Bonchev–Trinajstić information content (AvgIpc) is 3.12. The van der Waals surface area contributed by atoms with Gasteiger partial charge in [-0.25, -0.2) is 0 Å². The van der Waals surface area contributed by atoms with Crippen LogP contribution >= 0.6 is 0 Å². The summed E-state index contributed by atoms with van der Waals surface area (Å²) < 4.78 is 10.3. The number of hydrogen-bond donors (Lipinski definition) is 0. The molecule has 3 aromatic carbocycles. The van der Waals surface area contributed by atoms with E-state index in [-0.39, 0.29) is 22.9 Å². The molecule has 0 radical (unpaired) electrons. The van der Waals surface area contributed by atoms with Crippen LogP contribution in [-0.4, -0.2) is 11.4 Å². The topological polar surface area (TPSA) is 103 Å². The van der Waals surface area contributed by atoms with Crippen LogP contribution in [0, 0.1) is 16.5 Å². The Morgan fingerprint density at radius 2 is 1.93 bits per heavy atom. The van der Waals surface area contributed by atoms with Gasteiger partial charge in [-0.15, -0.1) is 0 Å². The van der Waals surface area contributed by atoms with Gasteiger partial charge in [0.25, 0.3) is 5.69 Å².